The Morgan fingerprint density at radius 1 is 1.62 bits per heavy atom. The second-order valence-corrected chi connectivity index (χ2v) is 4.36. The molecule has 0 bridgehead atoms. The lowest BCUT2D eigenvalue weighted by Crippen LogP contribution is -2.00. The molecule has 88 valence electrons. The lowest BCUT2D eigenvalue weighted by molar-refractivity contribution is 0.0690. The summed E-state index contributed by atoms with van der Waals surface area (Å²) < 4.78 is 4.94. The van der Waals surface area contributed by atoms with Crippen LogP contribution < -0.4 is 0 Å². The summed E-state index contributed by atoms with van der Waals surface area (Å²) >= 11 is 1.77. The van der Waals surface area contributed by atoms with Crippen LogP contribution in [-0.4, -0.2) is 35.5 Å². The Morgan fingerprint density at radius 2 is 2.44 bits per heavy atom. The molecular formula is C11H15NO3S. The van der Waals surface area contributed by atoms with Crippen LogP contribution in [0, 0.1) is 0 Å². The third kappa shape index (κ3) is 4.63. The lowest BCUT2D eigenvalue weighted by Gasteiger charge is -2.02. The van der Waals surface area contributed by atoms with E-state index in [1.807, 2.05) is 6.07 Å². The molecule has 0 aliphatic rings. The fraction of sp³-hybridized carbons (Fsp3) is 0.455. The van der Waals surface area contributed by atoms with Crippen molar-refractivity contribution in [3.8, 4) is 0 Å². The van der Waals surface area contributed by atoms with Crippen molar-refractivity contribution in [3.63, 3.8) is 0 Å². The van der Waals surface area contributed by atoms with Gasteiger partial charge in [0.2, 0.25) is 0 Å². The molecule has 0 aliphatic heterocycles. The number of methoxy groups -OCH3 is 1. The number of hydrogen-bond acceptors (Lipinski definition) is 4. The normalized spacial score (nSPS) is 10.3. The Balaban J connectivity index is 2.36. The number of aromatic nitrogens is 1. The van der Waals surface area contributed by atoms with Gasteiger partial charge in [-0.1, -0.05) is 0 Å². The molecule has 1 aromatic rings. The molecule has 1 heterocycles. The van der Waals surface area contributed by atoms with E-state index in [1.165, 1.54) is 6.20 Å². The Morgan fingerprint density at radius 3 is 3.12 bits per heavy atom. The summed E-state index contributed by atoms with van der Waals surface area (Å²) in [5, 5.41) is 8.76. The molecule has 0 amide bonds. The summed E-state index contributed by atoms with van der Waals surface area (Å²) in [5.41, 5.74) is 1.10. The summed E-state index contributed by atoms with van der Waals surface area (Å²) in [6.45, 7) is 0.768. The molecule has 0 aliphatic carbocycles. The van der Waals surface area contributed by atoms with Gasteiger partial charge in [-0.25, -0.2) is 9.78 Å². The van der Waals surface area contributed by atoms with Crippen LogP contribution in [-0.2, 0) is 10.5 Å². The monoisotopic (exact) mass is 241 g/mol. The Hall–Kier alpha value is -1.07. The van der Waals surface area contributed by atoms with E-state index in [2.05, 4.69) is 4.98 Å². The summed E-state index contributed by atoms with van der Waals surface area (Å²) in [7, 11) is 1.69. The second kappa shape index (κ2) is 7.24. The van der Waals surface area contributed by atoms with Crippen LogP contribution in [0.4, 0.5) is 0 Å². The number of thioether (sulfide) groups is 1. The van der Waals surface area contributed by atoms with Crippen molar-refractivity contribution < 1.29 is 14.6 Å². The van der Waals surface area contributed by atoms with Crippen LogP contribution in [0.15, 0.2) is 18.3 Å². The number of ether oxygens (including phenoxy) is 1. The fourth-order valence-electron chi connectivity index (χ4n) is 1.18. The first-order chi connectivity index (χ1) is 7.74. The van der Waals surface area contributed by atoms with Crippen molar-refractivity contribution in [1.29, 1.82) is 0 Å². The van der Waals surface area contributed by atoms with Gasteiger partial charge in [-0.15, -0.1) is 0 Å². The van der Waals surface area contributed by atoms with Gasteiger partial charge in [0.25, 0.3) is 0 Å². The average molecular weight is 241 g/mol. The van der Waals surface area contributed by atoms with Gasteiger partial charge in [-0.2, -0.15) is 11.8 Å². The second-order valence-electron chi connectivity index (χ2n) is 3.25. The van der Waals surface area contributed by atoms with Gasteiger partial charge >= 0.3 is 5.97 Å². The van der Waals surface area contributed by atoms with Gasteiger partial charge in [0.05, 0.1) is 0 Å². The average Bonchev–Trinajstić information content (AvgIpc) is 2.29. The highest BCUT2D eigenvalue weighted by Crippen LogP contribution is 2.13. The first-order valence-electron chi connectivity index (χ1n) is 4.99. The number of carbonyl (C=O) groups is 1. The van der Waals surface area contributed by atoms with Crippen molar-refractivity contribution >= 4 is 17.7 Å². The smallest absolute Gasteiger partial charge is 0.354 e. The van der Waals surface area contributed by atoms with Crippen molar-refractivity contribution in [2.75, 3.05) is 19.5 Å². The Kier molecular flexibility index (Phi) is 5.88. The summed E-state index contributed by atoms with van der Waals surface area (Å²) in [6, 6.07) is 3.46. The van der Waals surface area contributed by atoms with Crippen LogP contribution in [0.2, 0.25) is 0 Å². The van der Waals surface area contributed by atoms with Crippen LogP contribution in [0.3, 0.4) is 0 Å². The fourth-order valence-corrected chi connectivity index (χ4v) is 2.06. The van der Waals surface area contributed by atoms with E-state index in [-0.39, 0.29) is 5.69 Å². The van der Waals surface area contributed by atoms with Crippen LogP contribution in [0.5, 0.6) is 0 Å². The number of pyridine rings is 1. The molecule has 0 atom stereocenters. The molecule has 1 rings (SSSR count). The third-order valence-electron chi connectivity index (χ3n) is 1.95. The number of nitrogens with zero attached hydrogens (tertiary/aromatic N) is 1. The number of hydrogen-bond donors (Lipinski definition) is 1. The molecule has 0 aromatic carbocycles. The zero-order valence-corrected chi connectivity index (χ0v) is 10.00. The van der Waals surface area contributed by atoms with E-state index in [0.29, 0.717) is 0 Å². The third-order valence-corrected chi connectivity index (χ3v) is 3.06. The molecule has 0 fully saturated rings. The molecule has 5 heteroatoms. The van der Waals surface area contributed by atoms with E-state index in [0.717, 1.165) is 30.1 Å². The Bertz CT molecular complexity index is 344. The maximum absolute atomic E-state index is 10.7. The van der Waals surface area contributed by atoms with E-state index in [4.69, 9.17) is 9.84 Å². The van der Waals surface area contributed by atoms with Gasteiger partial charge in [0.15, 0.2) is 0 Å². The summed E-state index contributed by atoms with van der Waals surface area (Å²) in [6.07, 6.45) is 2.55. The van der Waals surface area contributed by atoms with Gasteiger partial charge in [-0.05, 0) is 29.9 Å². The minimum atomic E-state index is -0.980. The summed E-state index contributed by atoms with van der Waals surface area (Å²) in [5.74, 6) is 0.844. The summed E-state index contributed by atoms with van der Waals surface area (Å²) in [4.78, 5) is 14.5. The van der Waals surface area contributed by atoms with Gasteiger partial charge in [0.1, 0.15) is 5.69 Å². The van der Waals surface area contributed by atoms with E-state index in [9.17, 15) is 4.79 Å². The predicted molar refractivity (Wildman–Crippen MR) is 63.9 cm³/mol. The number of rotatable bonds is 7. The predicted octanol–water partition coefficient (Wildman–Crippen LogP) is 2.05. The molecule has 0 spiro atoms. The quantitative estimate of drug-likeness (QED) is 0.740. The first kappa shape index (κ1) is 13.0. The Labute approximate surface area is 99.0 Å². The molecule has 1 aromatic heterocycles. The van der Waals surface area contributed by atoms with Crippen LogP contribution in [0.25, 0.3) is 0 Å². The van der Waals surface area contributed by atoms with Crippen molar-refractivity contribution in [3.05, 3.63) is 29.6 Å². The van der Waals surface area contributed by atoms with Gasteiger partial charge < -0.3 is 9.84 Å². The minimum Gasteiger partial charge on any atom is -0.477 e. The number of carboxylic acids is 1. The standard InChI is InChI=1S/C11H15NO3S/c1-15-5-2-6-16-8-9-3-4-12-10(7-9)11(13)14/h3-4,7H,2,5-6,8H2,1H3,(H,13,14). The zero-order chi connectivity index (χ0) is 11.8. The minimum absolute atomic E-state index is 0.106. The van der Waals surface area contributed by atoms with E-state index < -0.39 is 5.97 Å². The highest BCUT2D eigenvalue weighted by atomic mass is 32.2. The molecule has 0 unspecified atom stereocenters. The molecule has 0 saturated heterocycles. The van der Waals surface area contributed by atoms with E-state index >= 15 is 0 Å². The van der Waals surface area contributed by atoms with Crippen LogP contribution >= 0.6 is 11.8 Å². The molecule has 4 nitrogen and oxygen atoms in total. The largest absolute Gasteiger partial charge is 0.477 e. The molecule has 1 N–H and O–H groups in total. The van der Waals surface area contributed by atoms with Gasteiger partial charge in [0, 0.05) is 25.7 Å². The van der Waals surface area contributed by atoms with Crippen molar-refractivity contribution in [2.24, 2.45) is 0 Å². The SMILES string of the molecule is COCCCSCc1ccnc(C(=O)O)c1. The maximum atomic E-state index is 10.7. The lowest BCUT2D eigenvalue weighted by atomic mass is 10.2. The number of carboxylic acid groups (broad SMARTS) is 1. The van der Waals surface area contributed by atoms with Crippen molar-refractivity contribution in [1.82, 2.24) is 4.98 Å². The van der Waals surface area contributed by atoms with Crippen molar-refractivity contribution in [2.45, 2.75) is 12.2 Å². The highest BCUT2D eigenvalue weighted by molar-refractivity contribution is 7.98. The van der Waals surface area contributed by atoms with Gasteiger partial charge in [-0.3, -0.25) is 0 Å². The first-order valence-corrected chi connectivity index (χ1v) is 6.14. The van der Waals surface area contributed by atoms with Crippen LogP contribution in [0.1, 0.15) is 22.5 Å². The zero-order valence-electron chi connectivity index (χ0n) is 9.18. The highest BCUT2D eigenvalue weighted by Gasteiger charge is 2.04. The van der Waals surface area contributed by atoms with E-state index in [1.54, 1.807) is 24.9 Å². The molecule has 0 saturated carbocycles. The maximum Gasteiger partial charge on any atom is 0.354 e. The molecular weight excluding hydrogens is 226 g/mol. The topological polar surface area (TPSA) is 59.4 Å². The molecule has 0 radical (unpaired) electrons. The number of aromatic carboxylic acids is 1. The molecule has 16 heavy (non-hydrogen) atoms.